The van der Waals surface area contributed by atoms with Crippen LogP contribution < -0.4 is 5.73 Å². The second kappa shape index (κ2) is 15.9. The second-order valence-corrected chi connectivity index (χ2v) is 19.6. The first-order valence-electron chi connectivity index (χ1n) is 25.1. The summed E-state index contributed by atoms with van der Waals surface area (Å²) in [5.74, 6) is 0. The molecule has 0 spiro atoms. The van der Waals surface area contributed by atoms with Gasteiger partial charge in [0.25, 0.3) is 0 Å². The minimum Gasteiger partial charge on any atom is -0.398 e. The van der Waals surface area contributed by atoms with Gasteiger partial charge < -0.3 is 5.73 Å². The van der Waals surface area contributed by atoms with E-state index in [-0.39, 0.29) is 0 Å². The summed E-state index contributed by atoms with van der Waals surface area (Å²) in [6.07, 6.45) is 5.28. The van der Waals surface area contributed by atoms with Crippen LogP contribution in [0.15, 0.2) is 249 Å². The molecule has 15 rings (SSSR count). The summed E-state index contributed by atoms with van der Waals surface area (Å²) in [4.78, 5) is 0. The van der Waals surface area contributed by atoms with Crippen molar-refractivity contribution >= 4 is 119 Å². The van der Waals surface area contributed by atoms with E-state index >= 15 is 0 Å². The predicted octanol–water partition coefficient (Wildman–Crippen LogP) is 19.1. The van der Waals surface area contributed by atoms with E-state index in [4.69, 9.17) is 5.73 Å². The van der Waals surface area contributed by atoms with Gasteiger partial charge in [0, 0.05) is 5.70 Å². The van der Waals surface area contributed by atoms with Gasteiger partial charge in [-0.15, -0.1) is 0 Å². The SMILES string of the molecule is N/C(=C\C(=C/Cc1ccccc1)c1ccc2cc3c4c(-c5ccc6ccccc6c5)c5c(cc6c7ccccc7c7cccc5c76)c(-c5ccc6ccccc6c5)c4c4cccc(c2c1)c43)c1ccccc1. The van der Waals surface area contributed by atoms with Gasteiger partial charge in [-0.05, 0) is 195 Å². The third-order valence-electron chi connectivity index (χ3n) is 15.7. The fourth-order valence-corrected chi connectivity index (χ4v) is 12.4. The molecule has 1 nitrogen and oxygen atoms in total. The van der Waals surface area contributed by atoms with Crippen LogP contribution in [-0.4, -0.2) is 0 Å². The first-order valence-corrected chi connectivity index (χ1v) is 25.1. The zero-order valence-electron chi connectivity index (χ0n) is 39.5. The monoisotopic (exact) mass is 911 g/mol. The van der Waals surface area contributed by atoms with Crippen molar-refractivity contribution in [2.24, 2.45) is 5.73 Å². The minimum atomic E-state index is 0.742. The Morgan fingerprint density at radius 1 is 0.306 bits per heavy atom. The standard InChI is InChI=1S/C71H45N/c72-64(46-19-5-2-6-20-46)41-50(30-29-43-15-3-1-4-16-43)49-33-34-51-40-62-68-57(60(51)39-49)26-14-28-59(68)70-65(52-35-31-44-17-7-9-21-47(44)37-52)63-42-61-55-24-12-11-23-54(55)56-25-13-27-58(67(56)61)69(63)66(71(62)70)53-36-32-45-18-8-10-22-48(45)38-53/h1-28,30-42H,29,72H2/b50-30+,64-41-. The van der Waals surface area contributed by atoms with E-state index in [9.17, 15) is 0 Å². The summed E-state index contributed by atoms with van der Waals surface area (Å²) < 4.78 is 0. The lowest BCUT2D eigenvalue weighted by molar-refractivity contribution is 1.27. The topological polar surface area (TPSA) is 26.0 Å². The number of hydrogen-bond acceptors (Lipinski definition) is 1. The lowest BCUT2D eigenvalue weighted by atomic mass is 9.83. The average Bonchev–Trinajstić information content (AvgIpc) is 3.95. The molecule has 72 heavy (non-hydrogen) atoms. The number of allylic oxidation sites excluding steroid dienone is 3. The highest BCUT2D eigenvalue weighted by Crippen LogP contribution is 2.55. The molecule has 0 saturated carbocycles. The Labute approximate surface area is 416 Å². The van der Waals surface area contributed by atoms with Gasteiger partial charge in [-0.1, -0.05) is 212 Å². The number of benzene rings is 13. The molecule has 15 aromatic carbocycles. The third kappa shape index (κ3) is 6.14. The summed E-state index contributed by atoms with van der Waals surface area (Å²) >= 11 is 0. The van der Waals surface area contributed by atoms with Crippen LogP contribution in [-0.2, 0) is 6.42 Å². The van der Waals surface area contributed by atoms with E-state index in [1.807, 2.05) is 18.2 Å². The largest absolute Gasteiger partial charge is 0.398 e. The fraction of sp³-hybridized carbons (Fsp3) is 0.0141. The normalized spacial score (nSPS) is 12.7. The number of hydrogen-bond donors (Lipinski definition) is 1. The molecule has 0 unspecified atom stereocenters. The molecule has 2 N–H and O–H groups in total. The lowest BCUT2D eigenvalue weighted by Gasteiger charge is -2.19. The van der Waals surface area contributed by atoms with Crippen molar-refractivity contribution in [2.45, 2.75) is 6.42 Å². The number of rotatable bonds is 7. The molecule has 15 aromatic rings. The van der Waals surface area contributed by atoms with E-state index in [1.54, 1.807) is 0 Å². The minimum absolute atomic E-state index is 0.742. The molecule has 0 aliphatic rings. The van der Waals surface area contributed by atoms with Crippen molar-refractivity contribution in [1.29, 1.82) is 0 Å². The molecule has 0 aliphatic heterocycles. The Balaban J connectivity index is 1.10. The molecule has 0 amide bonds. The molecule has 0 radical (unpaired) electrons. The van der Waals surface area contributed by atoms with Crippen LogP contribution >= 0.6 is 0 Å². The van der Waals surface area contributed by atoms with Crippen LogP contribution in [0.25, 0.3) is 141 Å². The molecule has 334 valence electrons. The van der Waals surface area contributed by atoms with Crippen LogP contribution in [0.4, 0.5) is 0 Å². The number of nitrogens with two attached hydrogens (primary N) is 1. The van der Waals surface area contributed by atoms with Gasteiger partial charge in [-0.25, -0.2) is 0 Å². The Morgan fingerprint density at radius 3 is 1.54 bits per heavy atom. The highest BCUT2D eigenvalue weighted by molar-refractivity contribution is 6.46. The molecular formula is C71H45N. The van der Waals surface area contributed by atoms with Gasteiger partial charge in [0.15, 0.2) is 0 Å². The van der Waals surface area contributed by atoms with Crippen molar-refractivity contribution in [3.8, 4) is 22.3 Å². The van der Waals surface area contributed by atoms with Crippen LogP contribution in [0.2, 0.25) is 0 Å². The maximum absolute atomic E-state index is 6.93. The van der Waals surface area contributed by atoms with Crippen LogP contribution in [0.1, 0.15) is 16.7 Å². The summed E-state index contributed by atoms with van der Waals surface area (Å²) in [5, 5.41) is 25.5. The van der Waals surface area contributed by atoms with E-state index in [0.29, 0.717) is 0 Å². The fourth-order valence-electron chi connectivity index (χ4n) is 12.4. The van der Waals surface area contributed by atoms with E-state index in [0.717, 1.165) is 28.8 Å². The first kappa shape index (κ1) is 40.6. The highest BCUT2D eigenvalue weighted by atomic mass is 14.6. The molecule has 0 saturated heterocycles. The maximum Gasteiger partial charge on any atom is 0.0393 e. The van der Waals surface area contributed by atoms with Gasteiger partial charge >= 0.3 is 0 Å². The van der Waals surface area contributed by atoms with Crippen LogP contribution in [0.5, 0.6) is 0 Å². The Kier molecular flexibility index (Phi) is 8.94. The van der Waals surface area contributed by atoms with Gasteiger partial charge in [0.1, 0.15) is 0 Å². The summed E-state index contributed by atoms with van der Waals surface area (Å²) in [7, 11) is 0. The van der Waals surface area contributed by atoms with Crippen molar-refractivity contribution in [2.75, 3.05) is 0 Å². The highest BCUT2D eigenvalue weighted by Gasteiger charge is 2.27. The smallest absolute Gasteiger partial charge is 0.0393 e. The van der Waals surface area contributed by atoms with E-state index in [1.165, 1.54) is 136 Å². The molecule has 0 fully saturated rings. The van der Waals surface area contributed by atoms with E-state index < -0.39 is 0 Å². The van der Waals surface area contributed by atoms with Crippen molar-refractivity contribution < 1.29 is 0 Å². The van der Waals surface area contributed by atoms with Gasteiger partial charge in [-0.2, -0.15) is 0 Å². The van der Waals surface area contributed by atoms with Gasteiger partial charge in [0.2, 0.25) is 0 Å². The maximum atomic E-state index is 6.93. The molecule has 0 atom stereocenters. The zero-order valence-corrected chi connectivity index (χ0v) is 39.5. The molecule has 0 aromatic heterocycles. The van der Waals surface area contributed by atoms with Gasteiger partial charge in [0.05, 0.1) is 0 Å². The molecule has 1 heteroatoms. The molecule has 0 bridgehead atoms. The lowest BCUT2D eigenvalue weighted by Crippen LogP contribution is -1.97. The summed E-state index contributed by atoms with van der Waals surface area (Å²) in [6, 6.07) is 87.9. The molecule has 0 aliphatic carbocycles. The van der Waals surface area contributed by atoms with Crippen molar-refractivity contribution in [3.05, 3.63) is 265 Å². The predicted molar refractivity (Wildman–Crippen MR) is 311 cm³/mol. The molecular weight excluding hydrogens is 867 g/mol. The quantitative estimate of drug-likeness (QED) is 0.125. The Morgan fingerprint density at radius 2 is 0.833 bits per heavy atom. The van der Waals surface area contributed by atoms with Gasteiger partial charge in [-0.3, -0.25) is 0 Å². The summed E-state index contributed by atoms with van der Waals surface area (Å²) in [6.45, 7) is 0. The van der Waals surface area contributed by atoms with Crippen LogP contribution in [0, 0.1) is 0 Å². The van der Waals surface area contributed by atoms with Crippen molar-refractivity contribution in [1.82, 2.24) is 0 Å². The number of fused-ring (bicyclic) bond motifs is 12. The van der Waals surface area contributed by atoms with E-state index in [2.05, 4.69) is 231 Å². The average molecular weight is 912 g/mol. The Bertz CT molecular complexity index is 4750. The second-order valence-electron chi connectivity index (χ2n) is 19.6. The first-order chi connectivity index (χ1) is 35.6. The zero-order chi connectivity index (χ0) is 47.4. The Hall–Kier alpha value is -9.30. The summed E-state index contributed by atoms with van der Waals surface area (Å²) in [5.41, 5.74) is 17.2. The van der Waals surface area contributed by atoms with Crippen molar-refractivity contribution in [3.63, 3.8) is 0 Å². The molecule has 0 heterocycles. The van der Waals surface area contributed by atoms with Crippen LogP contribution in [0.3, 0.4) is 0 Å². The third-order valence-corrected chi connectivity index (χ3v) is 15.7.